The first-order valence-corrected chi connectivity index (χ1v) is 9.16. The normalized spacial score (nSPS) is 12.4. The van der Waals surface area contributed by atoms with Crippen LogP contribution in [0.25, 0.3) is 0 Å². The van der Waals surface area contributed by atoms with Crippen molar-refractivity contribution in [2.75, 3.05) is 7.11 Å². The fraction of sp³-hybridized carbons (Fsp3) is 0.182. The minimum absolute atomic E-state index is 0. The van der Waals surface area contributed by atoms with Crippen LogP contribution in [-0.4, -0.2) is 21.9 Å². The zero-order chi connectivity index (χ0) is 18.9. The number of hydrogen-bond acceptors (Lipinski definition) is 3. The van der Waals surface area contributed by atoms with Gasteiger partial charge >= 0.3 is 17.1 Å². The largest absolute Gasteiger partial charge is 2.00 e. The van der Waals surface area contributed by atoms with Gasteiger partial charge in [-0.1, -0.05) is 29.8 Å². The Morgan fingerprint density at radius 2 is 1.82 bits per heavy atom. The molecule has 1 heterocycles. The van der Waals surface area contributed by atoms with Crippen molar-refractivity contribution < 1.29 is 21.8 Å². The van der Waals surface area contributed by atoms with E-state index in [-0.39, 0.29) is 29.2 Å². The van der Waals surface area contributed by atoms with E-state index in [4.69, 9.17) is 16.3 Å². The summed E-state index contributed by atoms with van der Waals surface area (Å²) in [6.45, 7) is 0. The van der Waals surface area contributed by atoms with Crippen LogP contribution in [0.2, 0.25) is 5.02 Å². The first-order chi connectivity index (χ1) is 13.3. The monoisotopic (exact) mass is 435 g/mol. The molecule has 0 amide bonds. The van der Waals surface area contributed by atoms with E-state index < -0.39 is 0 Å². The maximum atomic E-state index is 6.32. The first-order valence-electron chi connectivity index (χ1n) is 8.78. The molecular formula is C22H22ClFeN3O. The summed E-state index contributed by atoms with van der Waals surface area (Å²) < 4.78 is 7.60. The van der Waals surface area contributed by atoms with Crippen LogP contribution in [0.4, 0.5) is 0 Å². The Morgan fingerprint density at radius 1 is 1.11 bits per heavy atom. The maximum absolute atomic E-state index is 6.32. The van der Waals surface area contributed by atoms with Crippen LogP contribution in [0.1, 0.15) is 23.3 Å². The smallest absolute Gasteiger partial charge is 0.387 e. The van der Waals surface area contributed by atoms with Gasteiger partial charge in [-0.25, -0.2) is 33.9 Å². The zero-order valence-electron chi connectivity index (χ0n) is 15.5. The van der Waals surface area contributed by atoms with Gasteiger partial charge in [0.15, 0.2) is 0 Å². The summed E-state index contributed by atoms with van der Waals surface area (Å²) in [5, 5.41) is 5.06. The summed E-state index contributed by atoms with van der Waals surface area (Å²) in [5.74, 6) is 0. The molecule has 0 N–H and O–H groups in total. The van der Waals surface area contributed by atoms with E-state index in [2.05, 4.69) is 22.2 Å². The van der Waals surface area contributed by atoms with Gasteiger partial charge in [0.2, 0.25) is 0 Å². The van der Waals surface area contributed by atoms with E-state index in [9.17, 15) is 0 Å². The third kappa shape index (κ3) is 5.91. The van der Waals surface area contributed by atoms with Crippen molar-refractivity contribution in [1.82, 2.24) is 14.8 Å². The Kier molecular flexibility index (Phi) is 9.18. The Balaban J connectivity index is 0.000000408. The van der Waals surface area contributed by atoms with Crippen LogP contribution >= 0.6 is 11.6 Å². The number of benzene rings is 1. The molecule has 0 aliphatic heterocycles. The summed E-state index contributed by atoms with van der Waals surface area (Å²) in [4.78, 5) is 4.07. The van der Waals surface area contributed by atoms with Crippen molar-refractivity contribution >= 4 is 11.6 Å². The molecule has 4 aromatic rings. The number of nitrogens with zero attached hydrogens (tertiary/aromatic N) is 3. The molecule has 0 saturated carbocycles. The molecule has 2 unspecified atom stereocenters. The molecule has 0 radical (unpaired) electrons. The van der Waals surface area contributed by atoms with Crippen molar-refractivity contribution in [2.24, 2.45) is 0 Å². The molecule has 146 valence electrons. The Bertz CT molecular complexity index is 859. The second-order valence-electron chi connectivity index (χ2n) is 6.08. The first kappa shape index (κ1) is 22.1. The number of aromatic nitrogens is 3. The van der Waals surface area contributed by atoms with Gasteiger partial charge in [-0.3, -0.25) is 0 Å². The number of methoxy groups -OCH3 is 1. The van der Waals surface area contributed by atoms with Gasteiger partial charge in [-0.05, 0) is 18.1 Å². The third-order valence-electron chi connectivity index (χ3n) is 4.34. The molecule has 0 spiro atoms. The van der Waals surface area contributed by atoms with Crippen LogP contribution in [0.5, 0.6) is 0 Å². The second-order valence-corrected chi connectivity index (χ2v) is 6.48. The minimum atomic E-state index is -0.118. The van der Waals surface area contributed by atoms with Crippen molar-refractivity contribution in [2.45, 2.75) is 18.6 Å². The molecule has 0 fully saturated rings. The molecule has 0 bridgehead atoms. The Labute approximate surface area is 181 Å². The molecular weight excluding hydrogens is 414 g/mol. The number of hydrogen-bond donors (Lipinski definition) is 0. The van der Waals surface area contributed by atoms with E-state index in [0.717, 1.165) is 16.1 Å². The molecule has 6 heteroatoms. The van der Waals surface area contributed by atoms with Crippen molar-refractivity contribution in [3.05, 3.63) is 108 Å². The standard InChI is InChI=1S/C17H17ClN3O.C5H5.Fe/c1-22-17(13-6-2-3-7-13)16(21-12-19-11-20-21)10-14-8-4-5-9-15(14)18;1-2-4-5-3-1;/h2-9,11-12,16-17H,10H2,1H3;1-5H;/q2*-1;+2. The average molecular weight is 436 g/mol. The summed E-state index contributed by atoms with van der Waals surface area (Å²) in [5.41, 5.74) is 2.19. The van der Waals surface area contributed by atoms with Crippen LogP contribution in [0.15, 0.2) is 91.5 Å². The predicted octanol–water partition coefficient (Wildman–Crippen LogP) is 5.22. The number of rotatable bonds is 6. The molecule has 3 aromatic carbocycles. The summed E-state index contributed by atoms with van der Waals surface area (Å²) in [7, 11) is 1.72. The molecule has 0 aliphatic rings. The van der Waals surface area contributed by atoms with Crippen LogP contribution < -0.4 is 0 Å². The molecule has 0 saturated heterocycles. The summed E-state index contributed by atoms with van der Waals surface area (Å²) in [6.07, 6.45) is 3.86. The quantitative estimate of drug-likeness (QED) is 0.308. The predicted molar refractivity (Wildman–Crippen MR) is 108 cm³/mol. The van der Waals surface area contributed by atoms with Gasteiger partial charge in [-0.2, -0.15) is 35.4 Å². The van der Waals surface area contributed by atoms with Gasteiger partial charge in [-0.15, -0.1) is 5.56 Å². The summed E-state index contributed by atoms with van der Waals surface area (Å²) >= 11 is 6.32. The van der Waals surface area contributed by atoms with Gasteiger partial charge in [0, 0.05) is 12.1 Å². The zero-order valence-corrected chi connectivity index (χ0v) is 17.4. The summed E-state index contributed by atoms with van der Waals surface area (Å²) in [6, 6.07) is 26.0. The molecule has 4 nitrogen and oxygen atoms in total. The third-order valence-corrected chi connectivity index (χ3v) is 4.71. The molecule has 4 rings (SSSR count). The topological polar surface area (TPSA) is 39.9 Å². The SMILES string of the molecule is COC([c-]1cccc1)C(Cc1ccccc1Cl)n1cncn1.[Fe+2].c1cc[cH-]c1. The number of halogens is 1. The molecule has 28 heavy (non-hydrogen) atoms. The fourth-order valence-corrected chi connectivity index (χ4v) is 3.24. The Morgan fingerprint density at radius 3 is 2.36 bits per heavy atom. The van der Waals surface area contributed by atoms with Gasteiger partial charge in [0.25, 0.3) is 0 Å². The van der Waals surface area contributed by atoms with E-state index in [0.29, 0.717) is 6.42 Å². The van der Waals surface area contributed by atoms with Gasteiger partial charge in [0.1, 0.15) is 12.7 Å². The molecule has 0 aliphatic carbocycles. The Hall–Kier alpha value is -2.17. The van der Waals surface area contributed by atoms with Crippen molar-refractivity contribution in [3.8, 4) is 0 Å². The second kappa shape index (κ2) is 11.6. The molecule has 2 atom stereocenters. The van der Waals surface area contributed by atoms with Crippen molar-refractivity contribution in [3.63, 3.8) is 0 Å². The number of ether oxygens (including phenoxy) is 1. The molecule has 1 aromatic heterocycles. The van der Waals surface area contributed by atoms with Crippen LogP contribution in [0, 0.1) is 0 Å². The van der Waals surface area contributed by atoms with Gasteiger partial charge in [0.05, 0.1) is 12.1 Å². The van der Waals surface area contributed by atoms with Gasteiger partial charge < -0.3 is 4.74 Å². The fourth-order valence-electron chi connectivity index (χ4n) is 3.03. The minimum Gasteiger partial charge on any atom is -0.387 e. The maximum Gasteiger partial charge on any atom is 2.00 e. The van der Waals surface area contributed by atoms with E-state index in [1.807, 2.05) is 71.4 Å². The average Bonchev–Trinajstić information content (AvgIpc) is 3.47. The van der Waals surface area contributed by atoms with E-state index >= 15 is 0 Å². The van der Waals surface area contributed by atoms with E-state index in [1.165, 1.54) is 6.33 Å². The van der Waals surface area contributed by atoms with E-state index in [1.54, 1.807) is 13.4 Å². The van der Waals surface area contributed by atoms with Crippen LogP contribution in [-0.2, 0) is 28.2 Å². The van der Waals surface area contributed by atoms with Crippen LogP contribution in [0.3, 0.4) is 0 Å². The van der Waals surface area contributed by atoms with Crippen molar-refractivity contribution in [1.29, 1.82) is 0 Å².